The van der Waals surface area contributed by atoms with Crippen molar-refractivity contribution in [3.05, 3.63) is 94.0 Å². The van der Waals surface area contributed by atoms with E-state index in [-0.39, 0.29) is 36.5 Å². The van der Waals surface area contributed by atoms with Crippen LogP contribution in [0.15, 0.2) is 72.8 Å². The Kier molecular flexibility index (Phi) is 7.58. The Morgan fingerprint density at radius 3 is 1.34 bits per heavy atom. The third-order valence-electron chi connectivity index (χ3n) is 6.65. The molecule has 2 aliphatic rings. The van der Waals surface area contributed by atoms with E-state index in [1.165, 1.54) is 0 Å². The van der Waals surface area contributed by atoms with E-state index in [1.807, 2.05) is 36.4 Å². The van der Waals surface area contributed by atoms with Crippen LogP contribution in [0.4, 0.5) is 11.4 Å². The highest BCUT2D eigenvalue weighted by Gasteiger charge is 2.41. The average molecular weight is 551 g/mol. The Bertz CT molecular complexity index is 1310. The quantitative estimate of drug-likeness (QED) is 0.413. The minimum absolute atomic E-state index is 0.0207. The van der Waals surface area contributed by atoms with Crippen molar-refractivity contribution < 1.29 is 19.2 Å². The summed E-state index contributed by atoms with van der Waals surface area (Å²) < 4.78 is 0. The number of hydrogen-bond donors (Lipinski definition) is 2. The van der Waals surface area contributed by atoms with Gasteiger partial charge in [-0.05, 0) is 47.5 Å². The first kappa shape index (κ1) is 26.1. The van der Waals surface area contributed by atoms with Crippen LogP contribution in [0.5, 0.6) is 0 Å². The molecule has 3 aromatic carbocycles. The van der Waals surface area contributed by atoms with Gasteiger partial charge in [-0.3, -0.25) is 19.2 Å². The van der Waals surface area contributed by atoms with E-state index in [1.54, 1.807) is 36.4 Å². The highest BCUT2D eigenvalue weighted by Crippen LogP contribution is 2.29. The summed E-state index contributed by atoms with van der Waals surface area (Å²) in [4.78, 5) is 53.6. The first-order valence-electron chi connectivity index (χ1n) is 12.1. The highest BCUT2D eigenvalue weighted by molar-refractivity contribution is 6.31. The molecule has 0 saturated carbocycles. The molecular weight excluding hydrogens is 527 g/mol. The first-order chi connectivity index (χ1) is 18.3. The first-order valence-corrected chi connectivity index (χ1v) is 12.9. The number of imide groups is 2. The van der Waals surface area contributed by atoms with E-state index in [9.17, 15) is 19.2 Å². The standard InChI is InChI=1S/C28H24Cl2N4O4/c29-21-7-3-1-5-17(21)15-31-23-13-25(35)33(27(23)37)19-9-11-20(12-10-19)34-26(36)14-24(28(34)38)32-16-18-6-2-4-8-22(18)30/h1-12,23-24,31-32H,13-16H2. The molecule has 0 aliphatic carbocycles. The summed E-state index contributed by atoms with van der Waals surface area (Å²) in [6.45, 7) is 0.696. The zero-order valence-corrected chi connectivity index (χ0v) is 21.7. The molecule has 2 fully saturated rings. The van der Waals surface area contributed by atoms with Crippen LogP contribution in [-0.4, -0.2) is 35.7 Å². The van der Waals surface area contributed by atoms with Gasteiger partial charge in [-0.25, -0.2) is 9.80 Å². The second-order valence-corrected chi connectivity index (χ2v) is 9.92. The number of anilines is 2. The highest BCUT2D eigenvalue weighted by atomic mass is 35.5. The SMILES string of the molecule is O=C1CC(NCc2ccccc2Cl)C(=O)N1c1ccc(N2C(=O)CC(NCc3ccccc3Cl)C2=O)cc1. The summed E-state index contributed by atoms with van der Waals surface area (Å²) in [5.41, 5.74) is 2.41. The Morgan fingerprint density at radius 1 is 0.605 bits per heavy atom. The van der Waals surface area contributed by atoms with Crippen molar-refractivity contribution >= 4 is 58.2 Å². The number of rotatable bonds is 8. The van der Waals surface area contributed by atoms with Gasteiger partial charge in [0.25, 0.3) is 11.8 Å². The van der Waals surface area contributed by atoms with Crippen LogP contribution < -0.4 is 20.4 Å². The molecule has 3 aromatic rings. The molecule has 4 amide bonds. The number of nitrogens with zero attached hydrogens (tertiary/aromatic N) is 2. The van der Waals surface area contributed by atoms with Crippen molar-refractivity contribution in [3.63, 3.8) is 0 Å². The number of hydrogen-bond acceptors (Lipinski definition) is 6. The van der Waals surface area contributed by atoms with Gasteiger partial charge in [-0.2, -0.15) is 0 Å². The molecule has 38 heavy (non-hydrogen) atoms. The van der Waals surface area contributed by atoms with Gasteiger partial charge in [-0.15, -0.1) is 0 Å². The van der Waals surface area contributed by atoms with Gasteiger partial charge >= 0.3 is 0 Å². The van der Waals surface area contributed by atoms with E-state index in [0.29, 0.717) is 34.5 Å². The zero-order chi connectivity index (χ0) is 26.8. The Labute approximate surface area is 229 Å². The number of halogens is 2. The van der Waals surface area contributed by atoms with Crippen LogP contribution in [-0.2, 0) is 32.3 Å². The van der Waals surface area contributed by atoms with Crippen LogP contribution in [0, 0.1) is 0 Å². The lowest BCUT2D eigenvalue weighted by atomic mass is 10.2. The summed E-state index contributed by atoms with van der Waals surface area (Å²) >= 11 is 12.4. The molecule has 0 bridgehead atoms. The molecule has 0 spiro atoms. The van der Waals surface area contributed by atoms with Crippen molar-refractivity contribution in [1.82, 2.24) is 10.6 Å². The van der Waals surface area contributed by atoms with E-state index >= 15 is 0 Å². The molecule has 2 unspecified atom stereocenters. The van der Waals surface area contributed by atoms with Gasteiger partial charge < -0.3 is 10.6 Å². The maximum absolute atomic E-state index is 13.0. The number of benzene rings is 3. The fourth-order valence-electron chi connectivity index (χ4n) is 4.63. The third-order valence-corrected chi connectivity index (χ3v) is 7.39. The molecule has 0 aromatic heterocycles. The molecule has 5 rings (SSSR count). The van der Waals surface area contributed by atoms with Crippen molar-refractivity contribution in [2.75, 3.05) is 9.80 Å². The summed E-state index contributed by atoms with van der Waals surface area (Å²) in [6, 6.07) is 19.5. The summed E-state index contributed by atoms with van der Waals surface area (Å²) in [5.74, 6) is -1.41. The van der Waals surface area contributed by atoms with Crippen LogP contribution in [0.25, 0.3) is 0 Å². The summed E-state index contributed by atoms with van der Waals surface area (Å²) in [5, 5.41) is 7.38. The molecule has 2 aliphatic heterocycles. The van der Waals surface area contributed by atoms with Crippen LogP contribution in [0.2, 0.25) is 10.0 Å². The Morgan fingerprint density at radius 2 is 0.974 bits per heavy atom. The van der Waals surface area contributed by atoms with Crippen molar-refractivity contribution in [2.24, 2.45) is 0 Å². The van der Waals surface area contributed by atoms with Gasteiger partial charge in [0, 0.05) is 23.1 Å². The molecule has 194 valence electrons. The minimum atomic E-state index is -0.676. The molecule has 10 heteroatoms. The van der Waals surface area contributed by atoms with Crippen molar-refractivity contribution in [1.29, 1.82) is 0 Å². The topological polar surface area (TPSA) is 98.8 Å². The molecule has 2 saturated heterocycles. The van der Waals surface area contributed by atoms with E-state index in [4.69, 9.17) is 23.2 Å². The predicted octanol–water partition coefficient (Wildman–Crippen LogP) is 3.84. The molecule has 2 atom stereocenters. The Balaban J connectivity index is 1.23. The van der Waals surface area contributed by atoms with Gasteiger partial charge in [0.1, 0.15) is 0 Å². The van der Waals surface area contributed by atoms with Gasteiger partial charge in [0.05, 0.1) is 36.3 Å². The van der Waals surface area contributed by atoms with Crippen molar-refractivity contribution in [3.8, 4) is 0 Å². The predicted molar refractivity (Wildman–Crippen MR) is 145 cm³/mol. The second-order valence-electron chi connectivity index (χ2n) is 9.11. The summed E-state index contributed by atoms with van der Waals surface area (Å²) in [6.07, 6.45) is 0.0415. The van der Waals surface area contributed by atoms with Gasteiger partial charge in [0.2, 0.25) is 11.8 Å². The van der Waals surface area contributed by atoms with Crippen LogP contribution in [0.3, 0.4) is 0 Å². The van der Waals surface area contributed by atoms with Gasteiger partial charge in [0.15, 0.2) is 0 Å². The molecule has 2 N–H and O–H groups in total. The fraction of sp³-hybridized carbons (Fsp3) is 0.214. The van der Waals surface area contributed by atoms with E-state index in [0.717, 1.165) is 20.9 Å². The van der Waals surface area contributed by atoms with Gasteiger partial charge in [-0.1, -0.05) is 59.6 Å². The second kappa shape index (κ2) is 11.0. The smallest absolute Gasteiger partial charge is 0.251 e. The average Bonchev–Trinajstić information content (AvgIpc) is 3.36. The zero-order valence-electron chi connectivity index (χ0n) is 20.2. The number of nitrogens with one attached hydrogen (secondary N) is 2. The van der Waals surface area contributed by atoms with Crippen LogP contribution in [0.1, 0.15) is 24.0 Å². The number of carbonyl (C=O) groups is 4. The molecule has 8 nitrogen and oxygen atoms in total. The fourth-order valence-corrected chi connectivity index (χ4v) is 5.03. The van der Waals surface area contributed by atoms with Crippen molar-refractivity contribution in [2.45, 2.75) is 38.0 Å². The lowest BCUT2D eigenvalue weighted by molar-refractivity contribution is -0.123. The monoisotopic (exact) mass is 550 g/mol. The molecular formula is C28H24Cl2N4O4. The molecule has 0 radical (unpaired) electrons. The van der Waals surface area contributed by atoms with Crippen LogP contribution >= 0.6 is 23.2 Å². The Hall–Kier alpha value is -3.56. The molecule has 2 heterocycles. The number of carbonyl (C=O) groups excluding carboxylic acids is 4. The normalized spacial score (nSPS) is 19.6. The maximum atomic E-state index is 13.0. The third kappa shape index (κ3) is 5.21. The maximum Gasteiger partial charge on any atom is 0.251 e. The van der Waals surface area contributed by atoms with E-state index in [2.05, 4.69) is 10.6 Å². The number of amides is 4. The summed E-state index contributed by atoms with van der Waals surface area (Å²) in [7, 11) is 0. The lowest BCUT2D eigenvalue weighted by Gasteiger charge is -2.19. The van der Waals surface area contributed by atoms with E-state index < -0.39 is 12.1 Å². The largest absolute Gasteiger partial charge is 0.301 e. The lowest BCUT2D eigenvalue weighted by Crippen LogP contribution is -2.39. The minimum Gasteiger partial charge on any atom is -0.301 e.